The third-order valence-corrected chi connectivity index (χ3v) is 4.49. The first kappa shape index (κ1) is 24.3. The Kier molecular flexibility index (Phi) is 8.84. The monoisotopic (exact) mass is 405 g/mol. The average Bonchev–Trinajstić information content (AvgIpc) is 2.58. The highest BCUT2D eigenvalue weighted by molar-refractivity contribution is 5.85. The van der Waals surface area contributed by atoms with E-state index in [9.17, 15) is 0 Å². The zero-order valence-corrected chi connectivity index (χ0v) is 19.2. The van der Waals surface area contributed by atoms with Crippen molar-refractivity contribution in [3.63, 3.8) is 0 Å². The number of nitrogens with one attached hydrogen (secondary N) is 1. The summed E-state index contributed by atoms with van der Waals surface area (Å²) in [6, 6.07) is 14.6. The number of aryl methyl sites for hydroxylation is 1. The van der Waals surface area contributed by atoms with E-state index in [4.69, 9.17) is 9.47 Å². The molecule has 0 saturated carbocycles. The summed E-state index contributed by atoms with van der Waals surface area (Å²) in [6.07, 6.45) is 1.11. The number of hydrogen-bond donors (Lipinski definition) is 1. The van der Waals surface area contributed by atoms with Gasteiger partial charge < -0.3 is 14.8 Å². The Labute approximate surface area is 177 Å². The maximum atomic E-state index is 5.97. The minimum absolute atomic E-state index is 0. The summed E-state index contributed by atoms with van der Waals surface area (Å²) >= 11 is 0. The van der Waals surface area contributed by atoms with Gasteiger partial charge in [0, 0.05) is 12.1 Å². The van der Waals surface area contributed by atoms with Gasteiger partial charge in [-0.1, -0.05) is 56.7 Å². The van der Waals surface area contributed by atoms with Gasteiger partial charge in [-0.3, -0.25) is 0 Å². The summed E-state index contributed by atoms with van der Waals surface area (Å²) in [5, 5.41) is 3.67. The molecule has 0 aromatic heterocycles. The summed E-state index contributed by atoms with van der Waals surface area (Å²) in [4.78, 5) is 0. The lowest BCUT2D eigenvalue weighted by Crippen LogP contribution is -2.41. The van der Waals surface area contributed by atoms with E-state index in [-0.39, 0.29) is 17.9 Å². The molecule has 0 spiro atoms. The van der Waals surface area contributed by atoms with Crippen LogP contribution in [0.15, 0.2) is 42.5 Å². The third kappa shape index (κ3) is 8.12. The van der Waals surface area contributed by atoms with Crippen LogP contribution in [0.1, 0.15) is 57.7 Å². The highest BCUT2D eigenvalue weighted by Gasteiger charge is 2.24. The van der Waals surface area contributed by atoms with Crippen LogP contribution in [0.5, 0.6) is 11.5 Å². The van der Waals surface area contributed by atoms with Crippen LogP contribution in [-0.2, 0) is 13.2 Å². The summed E-state index contributed by atoms with van der Waals surface area (Å²) < 4.78 is 11.5. The molecule has 28 heavy (non-hydrogen) atoms. The standard InChI is InChI=1S/C24H35NO2.ClH/c1-18-8-10-19(11-9-18)16-27-21-13-12-20(14-22(21)26-7)15-25-24(5,6)17-23(2,3)4;/h8-14,25H,15-17H2,1-7H3;1H. The molecule has 4 heteroatoms. The molecular weight excluding hydrogens is 370 g/mol. The molecular formula is C24H36ClNO2. The van der Waals surface area contributed by atoms with E-state index < -0.39 is 0 Å². The predicted molar refractivity (Wildman–Crippen MR) is 121 cm³/mol. The number of ether oxygens (including phenoxy) is 2. The highest BCUT2D eigenvalue weighted by atomic mass is 35.5. The van der Waals surface area contributed by atoms with Crippen molar-refractivity contribution in [3.8, 4) is 11.5 Å². The van der Waals surface area contributed by atoms with E-state index in [1.165, 1.54) is 11.1 Å². The number of hydrogen-bond acceptors (Lipinski definition) is 3. The van der Waals surface area contributed by atoms with Crippen molar-refractivity contribution in [3.05, 3.63) is 59.2 Å². The van der Waals surface area contributed by atoms with E-state index in [0.717, 1.165) is 30.0 Å². The van der Waals surface area contributed by atoms with Crippen LogP contribution in [0.25, 0.3) is 0 Å². The van der Waals surface area contributed by atoms with Crippen LogP contribution >= 0.6 is 12.4 Å². The van der Waals surface area contributed by atoms with Crippen LogP contribution in [-0.4, -0.2) is 12.6 Å². The Hall–Kier alpha value is -1.71. The first-order valence-corrected chi connectivity index (χ1v) is 9.68. The fourth-order valence-electron chi connectivity index (χ4n) is 3.52. The van der Waals surface area contributed by atoms with Crippen molar-refractivity contribution in [2.75, 3.05) is 7.11 Å². The summed E-state index contributed by atoms with van der Waals surface area (Å²) in [5.74, 6) is 1.55. The van der Waals surface area contributed by atoms with E-state index in [1.54, 1.807) is 7.11 Å². The molecule has 0 atom stereocenters. The zero-order chi connectivity index (χ0) is 20.1. The van der Waals surface area contributed by atoms with E-state index in [0.29, 0.717) is 12.0 Å². The molecule has 0 aliphatic rings. The van der Waals surface area contributed by atoms with Gasteiger partial charge in [-0.25, -0.2) is 0 Å². The van der Waals surface area contributed by atoms with Gasteiger partial charge in [0.15, 0.2) is 11.5 Å². The molecule has 0 radical (unpaired) electrons. The molecule has 0 aliphatic carbocycles. The second kappa shape index (κ2) is 10.2. The fraction of sp³-hybridized carbons (Fsp3) is 0.500. The molecule has 3 nitrogen and oxygen atoms in total. The van der Waals surface area contributed by atoms with Crippen LogP contribution in [0.3, 0.4) is 0 Å². The average molecular weight is 406 g/mol. The largest absolute Gasteiger partial charge is 0.493 e. The Morgan fingerprint density at radius 1 is 0.857 bits per heavy atom. The lowest BCUT2D eigenvalue weighted by atomic mass is 9.82. The molecule has 1 N–H and O–H groups in total. The summed E-state index contributed by atoms with van der Waals surface area (Å²) in [7, 11) is 1.69. The Morgan fingerprint density at radius 3 is 2.04 bits per heavy atom. The molecule has 0 fully saturated rings. The van der Waals surface area contributed by atoms with Crippen LogP contribution in [0, 0.1) is 12.3 Å². The number of rotatable bonds is 8. The number of halogens is 1. The fourth-order valence-corrected chi connectivity index (χ4v) is 3.52. The van der Waals surface area contributed by atoms with Gasteiger partial charge in [0.2, 0.25) is 0 Å². The molecule has 0 heterocycles. The highest BCUT2D eigenvalue weighted by Crippen LogP contribution is 2.30. The quantitative estimate of drug-likeness (QED) is 0.558. The molecule has 2 aromatic carbocycles. The van der Waals surface area contributed by atoms with Crippen LogP contribution in [0.2, 0.25) is 0 Å². The molecule has 0 amide bonds. The minimum atomic E-state index is 0. The first-order valence-electron chi connectivity index (χ1n) is 9.68. The van der Waals surface area contributed by atoms with Crippen molar-refractivity contribution < 1.29 is 9.47 Å². The van der Waals surface area contributed by atoms with Crippen LogP contribution < -0.4 is 14.8 Å². The lowest BCUT2D eigenvalue weighted by molar-refractivity contribution is 0.240. The van der Waals surface area contributed by atoms with Gasteiger partial charge in [0.1, 0.15) is 6.61 Å². The molecule has 0 unspecified atom stereocenters. The topological polar surface area (TPSA) is 30.5 Å². The van der Waals surface area contributed by atoms with Gasteiger partial charge in [-0.05, 0) is 55.9 Å². The second-order valence-corrected chi connectivity index (χ2v) is 9.23. The second-order valence-electron chi connectivity index (χ2n) is 9.23. The molecule has 0 aliphatic heterocycles. The van der Waals surface area contributed by atoms with Gasteiger partial charge in [-0.15, -0.1) is 12.4 Å². The lowest BCUT2D eigenvalue weighted by Gasteiger charge is -2.33. The van der Waals surface area contributed by atoms with Crippen molar-refractivity contribution in [2.24, 2.45) is 5.41 Å². The van der Waals surface area contributed by atoms with Crippen LogP contribution in [0.4, 0.5) is 0 Å². The number of methoxy groups -OCH3 is 1. The zero-order valence-electron chi connectivity index (χ0n) is 18.4. The van der Waals surface area contributed by atoms with Crippen molar-refractivity contribution in [1.29, 1.82) is 0 Å². The molecule has 0 bridgehead atoms. The van der Waals surface area contributed by atoms with Crippen molar-refractivity contribution in [1.82, 2.24) is 5.32 Å². The minimum Gasteiger partial charge on any atom is -0.493 e. The predicted octanol–water partition coefficient (Wildman–Crippen LogP) is 6.31. The molecule has 0 saturated heterocycles. The SMILES string of the molecule is COc1cc(CNC(C)(C)CC(C)(C)C)ccc1OCc1ccc(C)cc1.Cl. The maximum Gasteiger partial charge on any atom is 0.161 e. The van der Waals surface area contributed by atoms with Gasteiger partial charge >= 0.3 is 0 Å². The van der Waals surface area contributed by atoms with E-state index >= 15 is 0 Å². The Morgan fingerprint density at radius 2 is 1.46 bits per heavy atom. The van der Waals surface area contributed by atoms with Crippen molar-refractivity contribution in [2.45, 2.75) is 66.7 Å². The Bertz CT molecular complexity index is 733. The normalized spacial score (nSPS) is 11.7. The van der Waals surface area contributed by atoms with Gasteiger partial charge in [0.25, 0.3) is 0 Å². The Balaban J connectivity index is 0.00000392. The summed E-state index contributed by atoms with van der Waals surface area (Å²) in [5.41, 5.74) is 3.96. The van der Waals surface area contributed by atoms with E-state index in [2.05, 4.69) is 83.3 Å². The third-order valence-electron chi connectivity index (χ3n) is 4.49. The molecule has 2 rings (SSSR count). The number of benzene rings is 2. The van der Waals surface area contributed by atoms with Crippen molar-refractivity contribution >= 4 is 12.4 Å². The van der Waals surface area contributed by atoms with Gasteiger partial charge in [-0.2, -0.15) is 0 Å². The molecule has 156 valence electrons. The van der Waals surface area contributed by atoms with Gasteiger partial charge in [0.05, 0.1) is 7.11 Å². The molecule has 2 aromatic rings. The maximum absolute atomic E-state index is 5.97. The summed E-state index contributed by atoms with van der Waals surface area (Å²) in [6.45, 7) is 14.8. The smallest absolute Gasteiger partial charge is 0.161 e. The first-order chi connectivity index (χ1) is 12.6. The van der Waals surface area contributed by atoms with E-state index in [1.807, 2.05) is 6.07 Å².